The fourth-order valence-electron chi connectivity index (χ4n) is 1.17. The number of carbonyl (C=O) groups is 1. The molecule has 0 aliphatic carbocycles. The first-order valence-electron chi connectivity index (χ1n) is 4.97. The number of anilines is 1. The number of ether oxygens (including phenoxy) is 1. The van der Waals surface area contributed by atoms with Crippen molar-refractivity contribution in [3.63, 3.8) is 0 Å². The fraction of sp³-hybridized carbons (Fsp3) is 0.364. The van der Waals surface area contributed by atoms with Crippen molar-refractivity contribution in [2.24, 2.45) is 5.73 Å². The average molecular weight is 243 g/mol. The van der Waals surface area contributed by atoms with E-state index in [-0.39, 0.29) is 12.5 Å². The molecule has 0 heterocycles. The molecule has 88 valence electrons. The molecule has 0 aromatic heterocycles. The van der Waals surface area contributed by atoms with Gasteiger partial charge in [-0.25, -0.2) is 0 Å². The number of hydrogen-bond donors (Lipinski definition) is 2. The van der Waals surface area contributed by atoms with Crippen LogP contribution in [0.5, 0.6) is 0 Å². The van der Waals surface area contributed by atoms with Crippen LogP contribution >= 0.6 is 11.6 Å². The lowest BCUT2D eigenvalue weighted by molar-refractivity contribution is -0.120. The quantitative estimate of drug-likeness (QED) is 0.771. The Hall–Kier alpha value is -1.10. The van der Waals surface area contributed by atoms with Crippen LogP contribution in [0, 0.1) is 6.92 Å². The molecule has 4 nitrogen and oxygen atoms in total. The second-order valence-electron chi connectivity index (χ2n) is 3.37. The summed E-state index contributed by atoms with van der Waals surface area (Å²) in [5.41, 5.74) is 6.86. The summed E-state index contributed by atoms with van der Waals surface area (Å²) >= 11 is 5.93. The van der Waals surface area contributed by atoms with E-state index in [0.717, 1.165) is 5.56 Å². The van der Waals surface area contributed by atoms with E-state index in [4.69, 9.17) is 22.1 Å². The molecule has 0 atom stereocenters. The van der Waals surface area contributed by atoms with Gasteiger partial charge in [-0.15, -0.1) is 0 Å². The largest absolute Gasteiger partial charge is 0.370 e. The van der Waals surface area contributed by atoms with Gasteiger partial charge in [0.1, 0.15) is 6.61 Å². The van der Waals surface area contributed by atoms with Crippen molar-refractivity contribution in [1.29, 1.82) is 0 Å². The molecule has 0 unspecified atom stereocenters. The Bertz CT molecular complexity index is 369. The maximum absolute atomic E-state index is 11.4. The van der Waals surface area contributed by atoms with Crippen molar-refractivity contribution < 1.29 is 9.53 Å². The van der Waals surface area contributed by atoms with E-state index in [1.165, 1.54) is 0 Å². The van der Waals surface area contributed by atoms with Gasteiger partial charge in [0.25, 0.3) is 0 Å². The maximum atomic E-state index is 11.4. The smallest absolute Gasteiger partial charge is 0.250 e. The van der Waals surface area contributed by atoms with Crippen LogP contribution in [0.1, 0.15) is 5.56 Å². The van der Waals surface area contributed by atoms with Crippen molar-refractivity contribution in [2.75, 3.05) is 25.1 Å². The van der Waals surface area contributed by atoms with E-state index in [2.05, 4.69) is 5.32 Å². The molecule has 0 radical (unpaired) electrons. The highest BCUT2D eigenvalue weighted by Gasteiger charge is 2.05. The van der Waals surface area contributed by atoms with Crippen molar-refractivity contribution in [3.05, 3.63) is 28.8 Å². The molecular weight excluding hydrogens is 228 g/mol. The zero-order valence-electron chi connectivity index (χ0n) is 9.13. The van der Waals surface area contributed by atoms with Crippen LogP contribution in [0.3, 0.4) is 0 Å². The molecule has 1 aromatic carbocycles. The van der Waals surface area contributed by atoms with Crippen LogP contribution in [0.15, 0.2) is 18.2 Å². The average Bonchev–Trinajstić information content (AvgIpc) is 2.24. The first-order valence-corrected chi connectivity index (χ1v) is 5.35. The van der Waals surface area contributed by atoms with E-state index in [1.807, 2.05) is 19.1 Å². The Morgan fingerprint density at radius 2 is 2.31 bits per heavy atom. The van der Waals surface area contributed by atoms with Crippen LogP contribution in [-0.4, -0.2) is 25.7 Å². The molecule has 0 aliphatic heterocycles. The van der Waals surface area contributed by atoms with Gasteiger partial charge in [-0.3, -0.25) is 4.79 Å². The number of aryl methyl sites for hydroxylation is 1. The zero-order chi connectivity index (χ0) is 12.0. The van der Waals surface area contributed by atoms with Crippen molar-refractivity contribution in [2.45, 2.75) is 6.92 Å². The number of hydrogen-bond acceptors (Lipinski definition) is 3. The third kappa shape index (κ3) is 4.18. The lowest BCUT2D eigenvalue weighted by Gasteiger charge is -2.08. The van der Waals surface area contributed by atoms with E-state index >= 15 is 0 Å². The summed E-state index contributed by atoms with van der Waals surface area (Å²) in [4.78, 5) is 11.4. The van der Waals surface area contributed by atoms with Gasteiger partial charge in [0.2, 0.25) is 5.91 Å². The topological polar surface area (TPSA) is 64.3 Å². The lowest BCUT2D eigenvalue weighted by Crippen LogP contribution is -2.20. The number of amides is 1. The highest BCUT2D eigenvalue weighted by atomic mass is 35.5. The molecule has 1 aromatic rings. The SMILES string of the molecule is Cc1ccc(Cl)c(NC(=O)COCCN)c1. The second kappa shape index (κ2) is 6.48. The Morgan fingerprint density at radius 3 is 3.00 bits per heavy atom. The molecule has 1 rings (SSSR count). The normalized spacial score (nSPS) is 10.2. The number of carbonyl (C=O) groups excluding carboxylic acids is 1. The monoisotopic (exact) mass is 242 g/mol. The van der Waals surface area contributed by atoms with Gasteiger partial charge in [-0.1, -0.05) is 17.7 Å². The molecule has 0 spiro atoms. The Labute approximate surface area is 99.7 Å². The van der Waals surface area contributed by atoms with Crippen LogP contribution in [0.4, 0.5) is 5.69 Å². The Balaban J connectivity index is 2.52. The lowest BCUT2D eigenvalue weighted by atomic mass is 10.2. The van der Waals surface area contributed by atoms with Crippen molar-refractivity contribution in [3.8, 4) is 0 Å². The summed E-state index contributed by atoms with van der Waals surface area (Å²) in [6.45, 7) is 2.69. The van der Waals surface area contributed by atoms with Gasteiger partial charge in [0.15, 0.2) is 0 Å². The minimum absolute atomic E-state index is 0.0124. The van der Waals surface area contributed by atoms with Crippen LogP contribution in [-0.2, 0) is 9.53 Å². The molecular formula is C11H15ClN2O2. The first kappa shape index (κ1) is 13.0. The third-order valence-electron chi connectivity index (χ3n) is 1.89. The van der Waals surface area contributed by atoms with Gasteiger partial charge in [-0.2, -0.15) is 0 Å². The fourth-order valence-corrected chi connectivity index (χ4v) is 1.33. The molecule has 16 heavy (non-hydrogen) atoms. The van der Waals surface area contributed by atoms with E-state index in [1.54, 1.807) is 6.07 Å². The van der Waals surface area contributed by atoms with E-state index < -0.39 is 0 Å². The summed E-state index contributed by atoms with van der Waals surface area (Å²) in [6.07, 6.45) is 0. The maximum Gasteiger partial charge on any atom is 0.250 e. The summed E-state index contributed by atoms with van der Waals surface area (Å²) in [6, 6.07) is 5.43. The van der Waals surface area contributed by atoms with Crippen LogP contribution < -0.4 is 11.1 Å². The molecule has 0 saturated heterocycles. The van der Waals surface area contributed by atoms with E-state index in [0.29, 0.717) is 23.9 Å². The Morgan fingerprint density at radius 1 is 1.56 bits per heavy atom. The molecule has 0 fully saturated rings. The third-order valence-corrected chi connectivity index (χ3v) is 2.22. The number of nitrogens with one attached hydrogen (secondary N) is 1. The predicted molar refractivity (Wildman–Crippen MR) is 64.7 cm³/mol. The molecule has 0 bridgehead atoms. The first-order chi connectivity index (χ1) is 7.63. The zero-order valence-corrected chi connectivity index (χ0v) is 9.88. The minimum Gasteiger partial charge on any atom is -0.370 e. The van der Waals surface area contributed by atoms with Gasteiger partial charge < -0.3 is 15.8 Å². The number of nitrogens with two attached hydrogens (primary N) is 1. The van der Waals surface area contributed by atoms with Crippen molar-refractivity contribution >= 4 is 23.2 Å². The molecule has 1 amide bonds. The highest BCUT2D eigenvalue weighted by Crippen LogP contribution is 2.22. The van der Waals surface area contributed by atoms with Crippen LogP contribution in [0.25, 0.3) is 0 Å². The summed E-state index contributed by atoms with van der Waals surface area (Å²) in [5, 5.41) is 3.19. The van der Waals surface area contributed by atoms with Crippen LogP contribution in [0.2, 0.25) is 5.02 Å². The number of halogens is 1. The summed E-state index contributed by atoms with van der Waals surface area (Å²) in [5.74, 6) is -0.235. The summed E-state index contributed by atoms with van der Waals surface area (Å²) < 4.78 is 5.01. The van der Waals surface area contributed by atoms with Gasteiger partial charge in [0.05, 0.1) is 17.3 Å². The number of rotatable bonds is 5. The van der Waals surface area contributed by atoms with E-state index in [9.17, 15) is 4.79 Å². The van der Waals surface area contributed by atoms with Gasteiger partial charge in [-0.05, 0) is 24.6 Å². The minimum atomic E-state index is -0.235. The van der Waals surface area contributed by atoms with Gasteiger partial charge >= 0.3 is 0 Å². The Kier molecular flexibility index (Phi) is 5.25. The van der Waals surface area contributed by atoms with Crippen molar-refractivity contribution in [1.82, 2.24) is 0 Å². The molecule has 0 saturated carbocycles. The molecule has 5 heteroatoms. The standard InChI is InChI=1S/C11H15ClN2O2/c1-8-2-3-9(12)10(6-8)14-11(15)7-16-5-4-13/h2-3,6H,4-5,7,13H2,1H3,(H,14,15). The predicted octanol–water partition coefficient (Wildman–Crippen LogP) is 1.56. The summed E-state index contributed by atoms with van der Waals surface area (Å²) in [7, 11) is 0. The second-order valence-corrected chi connectivity index (χ2v) is 3.78. The van der Waals surface area contributed by atoms with Gasteiger partial charge in [0, 0.05) is 6.54 Å². The molecule has 0 aliphatic rings. The molecule has 3 N–H and O–H groups in total. The number of benzene rings is 1. The highest BCUT2D eigenvalue weighted by molar-refractivity contribution is 6.33.